The van der Waals surface area contributed by atoms with Gasteiger partial charge in [0.15, 0.2) is 10.5 Å². The van der Waals surface area contributed by atoms with Crippen molar-refractivity contribution >= 4 is 16.5 Å². The number of carbonyl (C=O) groups excluding carboxylic acids is 1. The second-order valence-electron chi connectivity index (χ2n) is 2.71. The van der Waals surface area contributed by atoms with Crippen LogP contribution in [0.2, 0.25) is 0 Å². The molecule has 0 fully saturated rings. The summed E-state index contributed by atoms with van der Waals surface area (Å²) in [4.78, 5) is 11.3. The Kier molecular flexibility index (Phi) is 3.40. The Hall–Kier alpha value is -1.17. The molecule has 0 aromatic heterocycles. The summed E-state index contributed by atoms with van der Waals surface area (Å²) in [6, 6.07) is 8.42. The smallest absolute Gasteiger partial charge is 0.370 e. The SMILES string of the molecule is COC(=O)C(O)(O[SiH3])c1ccccc1. The van der Waals surface area contributed by atoms with Crippen LogP contribution in [-0.4, -0.2) is 28.7 Å². The first-order chi connectivity index (χ1) is 6.65. The number of aliphatic hydroxyl groups is 1. The average molecular weight is 212 g/mol. The van der Waals surface area contributed by atoms with E-state index in [1.54, 1.807) is 30.3 Å². The van der Waals surface area contributed by atoms with Crippen molar-refractivity contribution in [2.75, 3.05) is 7.11 Å². The molecule has 0 saturated heterocycles. The Morgan fingerprint density at radius 3 is 2.43 bits per heavy atom. The topological polar surface area (TPSA) is 55.8 Å². The van der Waals surface area contributed by atoms with Crippen LogP contribution in [0.4, 0.5) is 0 Å². The summed E-state index contributed by atoms with van der Waals surface area (Å²) < 4.78 is 9.37. The lowest BCUT2D eigenvalue weighted by Crippen LogP contribution is -2.39. The fraction of sp³-hybridized carbons (Fsp3) is 0.222. The monoisotopic (exact) mass is 212 g/mol. The Balaban J connectivity index is 3.08. The number of ether oxygens (including phenoxy) is 1. The molecule has 14 heavy (non-hydrogen) atoms. The van der Waals surface area contributed by atoms with E-state index in [0.29, 0.717) is 5.56 Å². The van der Waals surface area contributed by atoms with Crippen molar-refractivity contribution in [1.82, 2.24) is 0 Å². The summed E-state index contributed by atoms with van der Waals surface area (Å²) in [6.07, 6.45) is 0. The third-order valence-electron chi connectivity index (χ3n) is 1.92. The first-order valence-corrected chi connectivity index (χ1v) is 4.88. The third kappa shape index (κ3) is 1.84. The van der Waals surface area contributed by atoms with Gasteiger partial charge in [-0.15, -0.1) is 0 Å². The molecule has 0 aliphatic rings. The molecule has 0 spiro atoms. The van der Waals surface area contributed by atoms with E-state index >= 15 is 0 Å². The first-order valence-electron chi connectivity index (χ1n) is 4.06. The normalized spacial score (nSPS) is 14.7. The molecular formula is C9H12O4Si. The molecule has 1 N–H and O–H groups in total. The maximum absolute atomic E-state index is 11.3. The molecule has 4 nitrogen and oxygen atoms in total. The highest BCUT2D eigenvalue weighted by Gasteiger charge is 2.38. The van der Waals surface area contributed by atoms with E-state index in [0.717, 1.165) is 0 Å². The fourth-order valence-electron chi connectivity index (χ4n) is 1.12. The number of carbonyl (C=O) groups is 1. The molecule has 0 amide bonds. The molecule has 1 aromatic rings. The van der Waals surface area contributed by atoms with Gasteiger partial charge in [-0.3, -0.25) is 0 Å². The van der Waals surface area contributed by atoms with Gasteiger partial charge >= 0.3 is 5.97 Å². The molecular weight excluding hydrogens is 200 g/mol. The van der Waals surface area contributed by atoms with E-state index in [4.69, 9.17) is 4.43 Å². The van der Waals surface area contributed by atoms with Gasteiger partial charge < -0.3 is 14.3 Å². The van der Waals surface area contributed by atoms with Crippen LogP contribution in [0.15, 0.2) is 30.3 Å². The average Bonchev–Trinajstić information content (AvgIpc) is 2.28. The number of esters is 1. The van der Waals surface area contributed by atoms with Gasteiger partial charge in [0.1, 0.15) is 0 Å². The summed E-state index contributed by atoms with van der Waals surface area (Å²) in [6.45, 7) is 0. The largest absolute Gasteiger partial charge is 0.465 e. The van der Waals surface area contributed by atoms with E-state index in [-0.39, 0.29) is 10.5 Å². The van der Waals surface area contributed by atoms with Crippen molar-refractivity contribution < 1.29 is 19.1 Å². The minimum absolute atomic E-state index is 0.233. The van der Waals surface area contributed by atoms with E-state index in [9.17, 15) is 9.90 Å². The maximum Gasteiger partial charge on any atom is 0.370 e. The van der Waals surface area contributed by atoms with Crippen LogP contribution < -0.4 is 0 Å². The molecule has 76 valence electrons. The summed E-state index contributed by atoms with van der Waals surface area (Å²) in [5.74, 6) is -2.76. The Bertz CT molecular complexity index is 314. The summed E-state index contributed by atoms with van der Waals surface area (Å²) in [7, 11) is 1.44. The number of benzene rings is 1. The summed E-state index contributed by atoms with van der Waals surface area (Å²) >= 11 is 0. The van der Waals surface area contributed by atoms with Crippen LogP contribution in [0.3, 0.4) is 0 Å². The van der Waals surface area contributed by atoms with Crippen molar-refractivity contribution in [3.8, 4) is 0 Å². The van der Waals surface area contributed by atoms with Crippen LogP contribution in [0.1, 0.15) is 5.56 Å². The lowest BCUT2D eigenvalue weighted by molar-refractivity contribution is -0.200. The van der Waals surface area contributed by atoms with Crippen molar-refractivity contribution in [2.24, 2.45) is 0 Å². The fourth-order valence-corrected chi connectivity index (χ4v) is 1.52. The van der Waals surface area contributed by atoms with Gasteiger partial charge in [-0.1, -0.05) is 30.3 Å². The number of hydrogen-bond donors (Lipinski definition) is 1. The van der Waals surface area contributed by atoms with Gasteiger partial charge in [-0.2, -0.15) is 0 Å². The van der Waals surface area contributed by atoms with Crippen LogP contribution in [0.5, 0.6) is 0 Å². The predicted octanol–water partition coefficient (Wildman–Crippen LogP) is -0.698. The number of methoxy groups -OCH3 is 1. The van der Waals surface area contributed by atoms with Gasteiger partial charge in [-0.25, -0.2) is 4.79 Å². The molecule has 0 saturated carbocycles. The lowest BCUT2D eigenvalue weighted by Gasteiger charge is -2.23. The first kappa shape index (κ1) is 10.9. The molecule has 0 bridgehead atoms. The zero-order valence-electron chi connectivity index (χ0n) is 8.06. The standard InChI is InChI=1S/C9H12O4Si/c1-12-8(10)9(11,13-14)7-5-3-2-4-6-7/h2-6,11H,1,14H3. The Morgan fingerprint density at radius 2 is 2.00 bits per heavy atom. The number of hydrogen-bond acceptors (Lipinski definition) is 4. The zero-order chi connectivity index (χ0) is 10.6. The molecule has 1 atom stereocenters. The molecule has 1 rings (SSSR count). The minimum atomic E-state index is -1.96. The van der Waals surface area contributed by atoms with Gasteiger partial charge in [0.2, 0.25) is 0 Å². The van der Waals surface area contributed by atoms with Crippen LogP contribution in [-0.2, 0) is 19.7 Å². The molecule has 0 aliphatic heterocycles. The minimum Gasteiger partial charge on any atom is -0.465 e. The van der Waals surface area contributed by atoms with Crippen LogP contribution in [0, 0.1) is 0 Å². The summed E-state index contributed by atoms with van der Waals surface area (Å²) in [5, 5.41) is 9.90. The highest BCUT2D eigenvalue weighted by molar-refractivity contribution is 6.00. The van der Waals surface area contributed by atoms with Crippen LogP contribution >= 0.6 is 0 Å². The quantitative estimate of drug-likeness (QED) is 0.409. The van der Waals surface area contributed by atoms with E-state index in [1.165, 1.54) is 7.11 Å². The van der Waals surface area contributed by atoms with E-state index in [2.05, 4.69) is 4.74 Å². The van der Waals surface area contributed by atoms with Crippen molar-refractivity contribution in [1.29, 1.82) is 0 Å². The molecule has 1 unspecified atom stereocenters. The van der Waals surface area contributed by atoms with Gasteiger partial charge in [0, 0.05) is 5.56 Å². The van der Waals surface area contributed by atoms with E-state index in [1.807, 2.05) is 0 Å². The van der Waals surface area contributed by atoms with Crippen molar-refractivity contribution in [3.05, 3.63) is 35.9 Å². The second kappa shape index (κ2) is 4.36. The zero-order valence-corrected chi connectivity index (χ0v) is 10.1. The van der Waals surface area contributed by atoms with E-state index < -0.39 is 11.8 Å². The summed E-state index contributed by atoms with van der Waals surface area (Å²) in [5.41, 5.74) is 0.377. The highest BCUT2D eigenvalue weighted by Crippen LogP contribution is 2.22. The Labute approximate surface area is 85.0 Å². The van der Waals surface area contributed by atoms with Gasteiger partial charge in [0.25, 0.3) is 5.79 Å². The van der Waals surface area contributed by atoms with Crippen LogP contribution in [0.25, 0.3) is 0 Å². The molecule has 0 aliphatic carbocycles. The Morgan fingerprint density at radius 1 is 1.43 bits per heavy atom. The van der Waals surface area contributed by atoms with Gasteiger partial charge in [-0.05, 0) is 0 Å². The molecule has 5 heteroatoms. The highest BCUT2D eigenvalue weighted by atomic mass is 28.2. The van der Waals surface area contributed by atoms with Crippen molar-refractivity contribution in [2.45, 2.75) is 5.79 Å². The molecule has 0 radical (unpaired) electrons. The lowest BCUT2D eigenvalue weighted by atomic mass is 10.1. The third-order valence-corrected chi connectivity index (χ3v) is 2.51. The van der Waals surface area contributed by atoms with Crippen molar-refractivity contribution in [3.63, 3.8) is 0 Å². The molecule has 1 aromatic carbocycles. The second-order valence-corrected chi connectivity index (χ2v) is 3.11. The predicted molar refractivity (Wildman–Crippen MR) is 53.4 cm³/mol. The number of rotatable bonds is 3. The maximum atomic E-state index is 11.3. The molecule has 0 heterocycles. The van der Waals surface area contributed by atoms with Gasteiger partial charge in [0.05, 0.1) is 7.11 Å².